The Morgan fingerprint density at radius 1 is 1.64 bits per heavy atom. The molecule has 0 saturated carbocycles. The first kappa shape index (κ1) is 11.0. The summed E-state index contributed by atoms with van der Waals surface area (Å²) < 4.78 is 2.05. The molecule has 76 valence electrons. The van der Waals surface area contributed by atoms with Gasteiger partial charge in [0.2, 0.25) is 0 Å². The number of pyridine rings is 1. The molecule has 0 radical (unpaired) electrons. The Morgan fingerprint density at radius 2 is 2.43 bits per heavy atom. The average Bonchev–Trinajstić information content (AvgIpc) is 2.19. The number of aliphatic imine (C=N–C) groups is 1. The van der Waals surface area contributed by atoms with E-state index in [0.29, 0.717) is 0 Å². The van der Waals surface area contributed by atoms with Gasteiger partial charge >= 0.3 is 0 Å². The number of nitrogens with zero attached hydrogens (tertiary/aromatic N) is 2. The molecule has 0 atom stereocenters. The molecule has 3 nitrogen and oxygen atoms in total. The minimum Gasteiger partial charge on any atom is -0.368 e. The van der Waals surface area contributed by atoms with Gasteiger partial charge in [-0.2, -0.15) is 0 Å². The van der Waals surface area contributed by atoms with Crippen molar-refractivity contribution in [2.75, 3.05) is 14.1 Å². The zero-order chi connectivity index (χ0) is 10.4. The summed E-state index contributed by atoms with van der Waals surface area (Å²) in [4.78, 5) is 4.11. The highest BCUT2D eigenvalue weighted by Gasteiger charge is 2.01. The second kappa shape index (κ2) is 5.65. The number of nitrogens with one attached hydrogen (secondary N) is 1. The van der Waals surface area contributed by atoms with E-state index in [9.17, 15) is 0 Å². The van der Waals surface area contributed by atoms with Gasteiger partial charge in [-0.15, -0.1) is 0 Å². The number of aromatic nitrogens is 1. The lowest BCUT2D eigenvalue weighted by Gasteiger charge is -2.02. The topological polar surface area (TPSA) is 28.3 Å². The molecule has 0 saturated heterocycles. The molecule has 4 heteroatoms. The second-order valence-electron chi connectivity index (χ2n) is 2.95. The van der Waals surface area contributed by atoms with Crippen molar-refractivity contribution < 1.29 is 4.57 Å². The molecule has 0 fully saturated rings. The van der Waals surface area contributed by atoms with Gasteiger partial charge in [0.05, 0.1) is 0 Å². The lowest BCUT2D eigenvalue weighted by molar-refractivity contribution is -0.671. The Labute approximate surface area is 89.3 Å². The Balaban J connectivity index is 2.53. The van der Waals surface area contributed by atoms with Crippen LogP contribution in [0.25, 0.3) is 0 Å². The second-order valence-corrected chi connectivity index (χ2v) is 3.91. The van der Waals surface area contributed by atoms with E-state index >= 15 is 0 Å². The number of amidine groups is 1. The first-order valence-corrected chi connectivity index (χ1v) is 5.46. The molecule has 0 aliphatic carbocycles. The Kier molecular flexibility index (Phi) is 4.46. The van der Waals surface area contributed by atoms with Crippen LogP contribution >= 0.6 is 11.8 Å². The summed E-state index contributed by atoms with van der Waals surface area (Å²) >= 11 is 1.71. The van der Waals surface area contributed by atoms with Crippen molar-refractivity contribution in [1.82, 2.24) is 5.32 Å². The highest BCUT2D eigenvalue weighted by atomic mass is 32.2. The summed E-state index contributed by atoms with van der Waals surface area (Å²) in [6, 6.07) is 4.17. The maximum absolute atomic E-state index is 4.11. The molecule has 1 N–H and O–H groups in total. The van der Waals surface area contributed by atoms with Crippen molar-refractivity contribution in [3.63, 3.8) is 0 Å². The summed E-state index contributed by atoms with van der Waals surface area (Å²) in [5.74, 6) is 0.947. The van der Waals surface area contributed by atoms with Crippen LogP contribution in [0.3, 0.4) is 0 Å². The largest absolute Gasteiger partial charge is 0.368 e. The molecule has 1 aromatic heterocycles. The summed E-state index contributed by atoms with van der Waals surface area (Å²) in [5.41, 5.74) is 1.30. The lowest BCUT2D eigenvalue weighted by Crippen LogP contribution is -2.26. The van der Waals surface area contributed by atoms with Crippen LogP contribution in [-0.2, 0) is 12.8 Å². The van der Waals surface area contributed by atoms with Crippen molar-refractivity contribution in [1.29, 1.82) is 0 Å². The van der Waals surface area contributed by atoms with Crippen molar-refractivity contribution >= 4 is 16.9 Å². The summed E-state index contributed by atoms with van der Waals surface area (Å²) in [6.45, 7) is 0. The molecule has 0 bridgehead atoms. The maximum atomic E-state index is 4.11. The molecule has 0 aliphatic heterocycles. The van der Waals surface area contributed by atoms with Crippen LogP contribution < -0.4 is 9.88 Å². The van der Waals surface area contributed by atoms with Crippen molar-refractivity contribution in [2.45, 2.75) is 5.75 Å². The molecule has 0 aliphatic rings. The number of rotatable bonds is 2. The van der Waals surface area contributed by atoms with E-state index in [1.807, 2.05) is 20.3 Å². The third kappa shape index (κ3) is 3.38. The summed E-state index contributed by atoms with van der Waals surface area (Å²) in [7, 11) is 5.71. The highest BCUT2D eigenvalue weighted by Crippen LogP contribution is 2.10. The fourth-order valence-corrected chi connectivity index (χ4v) is 1.88. The van der Waals surface area contributed by atoms with Gasteiger partial charge in [0, 0.05) is 31.5 Å². The quantitative estimate of drug-likeness (QED) is 0.447. The molecule has 0 amide bonds. The Bertz CT molecular complexity index is 323. The van der Waals surface area contributed by atoms with E-state index in [1.165, 1.54) is 5.56 Å². The van der Waals surface area contributed by atoms with Crippen molar-refractivity contribution in [3.05, 3.63) is 30.1 Å². The van der Waals surface area contributed by atoms with Gasteiger partial charge in [-0.1, -0.05) is 11.8 Å². The van der Waals surface area contributed by atoms with E-state index < -0.39 is 0 Å². The zero-order valence-corrected chi connectivity index (χ0v) is 9.64. The van der Waals surface area contributed by atoms with Crippen LogP contribution in [0, 0.1) is 0 Å². The minimum absolute atomic E-state index is 0.947. The van der Waals surface area contributed by atoms with E-state index in [0.717, 1.165) is 10.9 Å². The molecule has 0 unspecified atom stereocenters. The maximum Gasteiger partial charge on any atom is 0.172 e. The first-order valence-electron chi connectivity index (χ1n) is 4.47. The van der Waals surface area contributed by atoms with Gasteiger partial charge < -0.3 is 5.32 Å². The molecular weight excluding hydrogens is 194 g/mol. The van der Waals surface area contributed by atoms with Crippen LogP contribution in [0.1, 0.15) is 5.56 Å². The van der Waals surface area contributed by atoms with E-state index in [-0.39, 0.29) is 0 Å². The number of hydrogen-bond acceptors (Lipinski definition) is 2. The first-order chi connectivity index (χ1) is 6.76. The van der Waals surface area contributed by atoms with Crippen molar-refractivity contribution in [3.8, 4) is 0 Å². The molecule has 0 spiro atoms. The number of hydrogen-bond donors (Lipinski definition) is 1. The predicted molar refractivity (Wildman–Crippen MR) is 61.3 cm³/mol. The fraction of sp³-hybridized carbons (Fsp3) is 0.400. The summed E-state index contributed by atoms with van der Waals surface area (Å²) in [6.07, 6.45) is 4.15. The molecule has 0 aromatic carbocycles. The molecular formula is C10H16N3S+. The van der Waals surface area contributed by atoms with Gasteiger partial charge in [0.25, 0.3) is 0 Å². The lowest BCUT2D eigenvalue weighted by atomic mass is 10.3. The van der Waals surface area contributed by atoms with E-state index in [1.54, 1.807) is 18.8 Å². The monoisotopic (exact) mass is 210 g/mol. The van der Waals surface area contributed by atoms with Crippen LogP contribution in [-0.4, -0.2) is 19.3 Å². The predicted octanol–water partition coefficient (Wildman–Crippen LogP) is 0.949. The van der Waals surface area contributed by atoms with E-state index in [2.05, 4.69) is 33.2 Å². The molecule has 14 heavy (non-hydrogen) atoms. The standard InChI is InChI=1S/C10H16N3S/c1-11-10(12-2)14-8-9-5-4-6-13(3)7-9/h4-7H,8H2,1-3H3,(H,11,12)/q+1. The van der Waals surface area contributed by atoms with Crippen LogP contribution in [0.2, 0.25) is 0 Å². The van der Waals surface area contributed by atoms with E-state index in [4.69, 9.17) is 0 Å². The van der Waals surface area contributed by atoms with Gasteiger partial charge in [-0.3, -0.25) is 4.99 Å². The highest BCUT2D eigenvalue weighted by molar-refractivity contribution is 8.13. The minimum atomic E-state index is 0.947. The summed E-state index contributed by atoms with van der Waals surface area (Å²) in [5, 5.41) is 4.01. The van der Waals surface area contributed by atoms with Gasteiger partial charge in [0.1, 0.15) is 7.05 Å². The van der Waals surface area contributed by atoms with Gasteiger partial charge in [0.15, 0.2) is 17.6 Å². The van der Waals surface area contributed by atoms with Gasteiger partial charge in [-0.05, 0) is 6.07 Å². The number of thioether (sulfide) groups is 1. The Hall–Kier alpha value is -1.03. The zero-order valence-electron chi connectivity index (χ0n) is 8.82. The van der Waals surface area contributed by atoms with Gasteiger partial charge in [-0.25, -0.2) is 4.57 Å². The number of aryl methyl sites for hydroxylation is 1. The molecule has 1 rings (SSSR count). The third-order valence-electron chi connectivity index (χ3n) is 1.79. The van der Waals surface area contributed by atoms with Crippen LogP contribution in [0.5, 0.6) is 0 Å². The Morgan fingerprint density at radius 3 is 3.00 bits per heavy atom. The fourth-order valence-electron chi connectivity index (χ4n) is 1.14. The van der Waals surface area contributed by atoms with Crippen LogP contribution in [0.15, 0.2) is 29.5 Å². The SMILES string of the molecule is CN=C(NC)SCc1ccc[n+](C)c1. The van der Waals surface area contributed by atoms with Crippen LogP contribution in [0.4, 0.5) is 0 Å². The average molecular weight is 210 g/mol. The van der Waals surface area contributed by atoms with Crippen molar-refractivity contribution in [2.24, 2.45) is 12.0 Å². The molecule has 1 aromatic rings. The smallest absolute Gasteiger partial charge is 0.172 e. The normalized spacial score (nSPS) is 11.5. The third-order valence-corrected chi connectivity index (χ3v) is 2.93. The molecule has 1 heterocycles.